The molecule has 1 amide bonds. The maximum absolute atomic E-state index is 12.6. The van der Waals surface area contributed by atoms with Crippen molar-refractivity contribution in [3.05, 3.63) is 0 Å². The van der Waals surface area contributed by atoms with Gasteiger partial charge >= 0.3 is 0 Å². The van der Waals surface area contributed by atoms with Crippen LogP contribution in [0.4, 0.5) is 0 Å². The lowest BCUT2D eigenvalue weighted by molar-refractivity contribution is -0.136. The third-order valence-electron chi connectivity index (χ3n) is 4.24. The van der Waals surface area contributed by atoms with Crippen molar-refractivity contribution in [1.29, 1.82) is 0 Å². The van der Waals surface area contributed by atoms with Crippen molar-refractivity contribution in [3.63, 3.8) is 0 Å². The molecule has 2 aliphatic rings. The summed E-state index contributed by atoms with van der Waals surface area (Å²) in [4.78, 5) is 15.1. The summed E-state index contributed by atoms with van der Waals surface area (Å²) in [6, 6.07) is 0.400. The van der Waals surface area contributed by atoms with E-state index in [1.165, 1.54) is 12.8 Å². The van der Waals surface area contributed by atoms with E-state index < -0.39 is 5.41 Å². The molecule has 4 heteroatoms. The lowest BCUT2D eigenvalue weighted by atomic mass is 10.0. The summed E-state index contributed by atoms with van der Waals surface area (Å²) in [5.41, 5.74) is 5.29. The Kier molecular flexibility index (Phi) is 3.71. The molecule has 96 valence electrons. The molecule has 1 unspecified atom stereocenters. The molecule has 0 aromatic carbocycles. The molecule has 0 bridgehead atoms. The Morgan fingerprint density at radius 2 is 2.12 bits per heavy atom. The van der Waals surface area contributed by atoms with Crippen molar-refractivity contribution in [2.75, 3.05) is 6.54 Å². The van der Waals surface area contributed by atoms with Crippen molar-refractivity contribution < 1.29 is 4.79 Å². The molecule has 2 rings (SSSR count). The number of hydrogen-bond donors (Lipinski definition) is 1. The Bertz CT molecular complexity index is 325. The average molecular weight is 254 g/mol. The molecule has 1 saturated carbocycles. The van der Waals surface area contributed by atoms with E-state index in [2.05, 4.69) is 11.8 Å². The van der Waals surface area contributed by atoms with Gasteiger partial charge in [-0.25, -0.2) is 0 Å². The van der Waals surface area contributed by atoms with Crippen molar-refractivity contribution in [2.45, 2.75) is 57.9 Å². The molecule has 1 aliphatic carbocycles. The highest BCUT2D eigenvalue weighted by Gasteiger charge is 2.55. The van der Waals surface area contributed by atoms with E-state index in [9.17, 15) is 4.79 Å². The van der Waals surface area contributed by atoms with E-state index in [0.29, 0.717) is 11.0 Å². The largest absolute Gasteiger partial charge is 0.392 e. The zero-order valence-corrected chi connectivity index (χ0v) is 11.4. The fourth-order valence-electron chi connectivity index (χ4n) is 2.83. The number of carbonyl (C=O) groups is 1. The van der Waals surface area contributed by atoms with Crippen LogP contribution in [-0.2, 0) is 4.79 Å². The van der Waals surface area contributed by atoms with Gasteiger partial charge in [0.05, 0.1) is 10.4 Å². The Morgan fingerprint density at radius 3 is 2.65 bits per heavy atom. The van der Waals surface area contributed by atoms with Crippen LogP contribution in [0.25, 0.3) is 0 Å². The number of amides is 1. The second-order valence-electron chi connectivity index (χ2n) is 5.36. The van der Waals surface area contributed by atoms with E-state index in [1.54, 1.807) is 0 Å². The summed E-state index contributed by atoms with van der Waals surface area (Å²) < 4.78 is 0. The number of nitrogens with zero attached hydrogens (tertiary/aromatic N) is 1. The van der Waals surface area contributed by atoms with Gasteiger partial charge in [-0.15, -0.1) is 0 Å². The van der Waals surface area contributed by atoms with Crippen LogP contribution in [0.5, 0.6) is 0 Å². The quantitative estimate of drug-likeness (QED) is 0.786. The number of hydrogen-bond acceptors (Lipinski definition) is 2. The minimum absolute atomic E-state index is 0.207. The van der Waals surface area contributed by atoms with Crippen molar-refractivity contribution in [3.8, 4) is 0 Å². The maximum Gasteiger partial charge on any atom is 0.235 e. The molecule has 0 aromatic heterocycles. The Morgan fingerprint density at radius 1 is 1.41 bits per heavy atom. The third-order valence-corrected chi connectivity index (χ3v) is 4.63. The Hall–Kier alpha value is -0.640. The average Bonchev–Trinajstić information content (AvgIpc) is 3.12. The van der Waals surface area contributed by atoms with Gasteiger partial charge in [-0.2, -0.15) is 0 Å². The lowest BCUT2D eigenvalue weighted by Gasteiger charge is -2.32. The molecule has 1 atom stereocenters. The number of likely N-dealkylation sites (tertiary alicyclic amines) is 1. The second kappa shape index (κ2) is 4.92. The molecular weight excluding hydrogens is 232 g/mol. The van der Waals surface area contributed by atoms with Gasteiger partial charge in [0.25, 0.3) is 0 Å². The van der Waals surface area contributed by atoms with Gasteiger partial charge in [0.2, 0.25) is 5.91 Å². The fraction of sp³-hybridized carbons (Fsp3) is 0.846. The van der Waals surface area contributed by atoms with Crippen molar-refractivity contribution in [1.82, 2.24) is 4.90 Å². The zero-order chi connectivity index (χ0) is 12.5. The summed E-state index contributed by atoms with van der Waals surface area (Å²) in [6.45, 7) is 3.05. The van der Waals surface area contributed by atoms with Gasteiger partial charge in [0, 0.05) is 12.6 Å². The Balaban J connectivity index is 2.13. The summed E-state index contributed by atoms with van der Waals surface area (Å²) in [5, 5.41) is 0. The van der Waals surface area contributed by atoms with Crippen LogP contribution in [0.1, 0.15) is 51.9 Å². The summed E-state index contributed by atoms with van der Waals surface area (Å²) in [5.74, 6) is 0.207. The van der Waals surface area contributed by atoms with Crippen LogP contribution < -0.4 is 5.73 Å². The van der Waals surface area contributed by atoms with E-state index in [1.807, 2.05) is 0 Å². The van der Waals surface area contributed by atoms with E-state index in [-0.39, 0.29) is 5.91 Å². The summed E-state index contributed by atoms with van der Waals surface area (Å²) in [6.07, 6.45) is 7.48. The highest BCUT2D eigenvalue weighted by atomic mass is 32.1. The minimum atomic E-state index is -0.465. The molecule has 2 fully saturated rings. The zero-order valence-electron chi connectivity index (χ0n) is 10.6. The highest BCUT2D eigenvalue weighted by molar-refractivity contribution is 7.80. The number of carbonyl (C=O) groups excluding carboxylic acids is 1. The monoisotopic (exact) mass is 254 g/mol. The normalized spacial score (nSPS) is 27.4. The third kappa shape index (κ3) is 2.32. The van der Waals surface area contributed by atoms with Gasteiger partial charge in [-0.3, -0.25) is 4.79 Å². The topological polar surface area (TPSA) is 46.3 Å². The first kappa shape index (κ1) is 12.8. The van der Waals surface area contributed by atoms with Gasteiger partial charge in [-0.1, -0.05) is 32.0 Å². The van der Waals surface area contributed by atoms with Crippen LogP contribution in [0, 0.1) is 5.41 Å². The summed E-state index contributed by atoms with van der Waals surface area (Å²) in [7, 11) is 0. The number of rotatable bonds is 3. The summed E-state index contributed by atoms with van der Waals surface area (Å²) >= 11 is 5.08. The molecule has 0 aromatic rings. The number of nitrogens with two attached hydrogens (primary N) is 1. The maximum atomic E-state index is 12.6. The van der Waals surface area contributed by atoms with Crippen molar-refractivity contribution >= 4 is 23.1 Å². The molecule has 0 spiro atoms. The molecular formula is C13H22N2OS. The first-order valence-corrected chi connectivity index (χ1v) is 7.13. The molecule has 1 heterocycles. The van der Waals surface area contributed by atoms with Gasteiger partial charge in [0.1, 0.15) is 0 Å². The lowest BCUT2D eigenvalue weighted by Crippen LogP contribution is -2.47. The van der Waals surface area contributed by atoms with E-state index in [4.69, 9.17) is 18.0 Å². The predicted molar refractivity (Wildman–Crippen MR) is 72.7 cm³/mol. The van der Waals surface area contributed by atoms with E-state index in [0.717, 1.165) is 38.6 Å². The molecule has 3 nitrogen and oxygen atoms in total. The van der Waals surface area contributed by atoms with Crippen LogP contribution in [0.2, 0.25) is 0 Å². The van der Waals surface area contributed by atoms with Gasteiger partial charge < -0.3 is 10.6 Å². The fourth-order valence-corrected chi connectivity index (χ4v) is 3.13. The van der Waals surface area contributed by atoms with Crippen LogP contribution in [-0.4, -0.2) is 28.4 Å². The molecule has 0 radical (unpaired) electrons. The molecule has 17 heavy (non-hydrogen) atoms. The smallest absolute Gasteiger partial charge is 0.235 e. The second-order valence-corrected chi connectivity index (χ2v) is 5.80. The van der Waals surface area contributed by atoms with E-state index >= 15 is 0 Å². The highest BCUT2D eigenvalue weighted by Crippen LogP contribution is 2.48. The number of thiocarbonyl (C=S) groups is 1. The van der Waals surface area contributed by atoms with Crippen molar-refractivity contribution in [2.24, 2.45) is 11.1 Å². The van der Waals surface area contributed by atoms with Crippen LogP contribution in [0.3, 0.4) is 0 Å². The van der Waals surface area contributed by atoms with Crippen LogP contribution >= 0.6 is 12.2 Å². The minimum Gasteiger partial charge on any atom is -0.392 e. The SMILES string of the molecule is CCC1CCCCCN1C(=O)C1(C(N)=S)CC1. The molecule has 2 N–H and O–H groups in total. The first-order valence-electron chi connectivity index (χ1n) is 6.73. The van der Waals surface area contributed by atoms with Gasteiger partial charge in [0.15, 0.2) is 0 Å². The van der Waals surface area contributed by atoms with Gasteiger partial charge in [-0.05, 0) is 32.1 Å². The molecule has 1 saturated heterocycles. The van der Waals surface area contributed by atoms with Crippen LogP contribution in [0.15, 0.2) is 0 Å². The first-order chi connectivity index (χ1) is 8.12. The standard InChI is InChI=1S/C13H22N2OS/c1-2-10-6-4-3-5-9-15(10)12(16)13(7-8-13)11(14)17/h10H,2-9H2,1H3,(H2,14,17). The Labute approximate surface area is 109 Å². The molecule has 1 aliphatic heterocycles. The predicted octanol–water partition coefficient (Wildman–Crippen LogP) is 2.23.